The number of allylic oxidation sites excluding steroid dienone is 2. The first-order valence-electron chi connectivity index (χ1n) is 5.41. The molecule has 0 aliphatic rings. The van der Waals surface area contributed by atoms with Crippen LogP contribution in [0.15, 0.2) is 48.2 Å². The van der Waals surface area contributed by atoms with Gasteiger partial charge in [-0.1, -0.05) is 23.8 Å². The largest absolute Gasteiger partial charge is 0.489 e. The third kappa shape index (κ3) is 4.69. The van der Waals surface area contributed by atoms with Crippen molar-refractivity contribution in [1.29, 1.82) is 0 Å². The van der Waals surface area contributed by atoms with E-state index in [9.17, 15) is 0 Å². The van der Waals surface area contributed by atoms with E-state index in [1.807, 2.05) is 44.5 Å². The van der Waals surface area contributed by atoms with Gasteiger partial charge in [0.1, 0.15) is 12.4 Å². The minimum Gasteiger partial charge on any atom is -0.489 e. The smallest absolute Gasteiger partial charge is 0.119 e. The van der Waals surface area contributed by atoms with Crippen LogP contribution in [0, 0.1) is 6.92 Å². The fourth-order valence-electron chi connectivity index (χ4n) is 1.19. The molecule has 2 nitrogen and oxygen atoms in total. The van der Waals surface area contributed by atoms with Crippen LogP contribution in [0.2, 0.25) is 0 Å². The van der Waals surface area contributed by atoms with Crippen molar-refractivity contribution in [3.05, 3.63) is 53.8 Å². The lowest BCUT2D eigenvalue weighted by Gasteiger charge is -2.06. The van der Waals surface area contributed by atoms with E-state index in [0.717, 1.165) is 5.75 Å². The Kier molecular flexibility index (Phi) is 5.20. The van der Waals surface area contributed by atoms with Crippen molar-refractivity contribution in [3.8, 4) is 5.75 Å². The minimum absolute atomic E-state index is 0.622. The zero-order valence-electron chi connectivity index (χ0n) is 10.2. The van der Waals surface area contributed by atoms with Gasteiger partial charge in [-0.2, -0.15) is 0 Å². The highest BCUT2D eigenvalue weighted by molar-refractivity contribution is 5.26. The molecule has 0 saturated heterocycles. The predicted molar refractivity (Wildman–Crippen MR) is 68.6 cm³/mol. The van der Waals surface area contributed by atoms with Gasteiger partial charge in [0.05, 0.1) is 0 Å². The van der Waals surface area contributed by atoms with Crippen LogP contribution < -0.4 is 10.1 Å². The van der Waals surface area contributed by atoms with Crippen LogP contribution in [-0.2, 0) is 0 Å². The van der Waals surface area contributed by atoms with Crippen molar-refractivity contribution in [3.63, 3.8) is 0 Å². The van der Waals surface area contributed by atoms with Crippen molar-refractivity contribution in [1.82, 2.24) is 5.32 Å². The molecule has 0 spiro atoms. The lowest BCUT2D eigenvalue weighted by molar-refractivity contribution is 0.352. The third-order valence-electron chi connectivity index (χ3n) is 2.13. The Labute approximate surface area is 97.6 Å². The molecule has 1 aromatic carbocycles. The number of hydrogen-bond acceptors (Lipinski definition) is 2. The Morgan fingerprint density at radius 3 is 2.62 bits per heavy atom. The Morgan fingerprint density at radius 1 is 1.31 bits per heavy atom. The molecule has 0 unspecified atom stereocenters. The molecule has 0 fully saturated rings. The number of nitrogens with one attached hydrogen (secondary N) is 1. The van der Waals surface area contributed by atoms with Gasteiger partial charge in [0.15, 0.2) is 0 Å². The summed E-state index contributed by atoms with van der Waals surface area (Å²) in [6.45, 7) is 4.74. The van der Waals surface area contributed by atoms with Crippen molar-refractivity contribution in [2.24, 2.45) is 0 Å². The topological polar surface area (TPSA) is 21.3 Å². The number of rotatable bonds is 5. The average Bonchev–Trinajstić information content (AvgIpc) is 2.29. The van der Waals surface area contributed by atoms with Gasteiger partial charge in [-0.15, -0.1) is 0 Å². The molecule has 1 N–H and O–H groups in total. The van der Waals surface area contributed by atoms with Crippen LogP contribution >= 0.6 is 0 Å². The molecule has 0 radical (unpaired) electrons. The van der Waals surface area contributed by atoms with Gasteiger partial charge in [-0.3, -0.25) is 0 Å². The quantitative estimate of drug-likeness (QED) is 0.765. The second kappa shape index (κ2) is 6.72. The summed E-state index contributed by atoms with van der Waals surface area (Å²) in [4.78, 5) is 0. The number of ether oxygens (including phenoxy) is 1. The summed E-state index contributed by atoms with van der Waals surface area (Å²) in [7, 11) is 1.88. The molecule has 0 aliphatic heterocycles. The molecule has 0 amide bonds. The summed E-state index contributed by atoms with van der Waals surface area (Å²) < 4.78 is 5.63. The lowest BCUT2D eigenvalue weighted by atomic mass is 10.2. The Balaban J connectivity index is 2.42. The molecular weight excluding hydrogens is 198 g/mol. The van der Waals surface area contributed by atoms with E-state index in [-0.39, 0.29) is 0 Å². The first-order chi connectivity index (χ1) is 7.72. The zero-order chi connectivity index (χ0) is 11.8. The summed E-state index contributed by atoms with van der Waals surface area (Å²) in [6.07, 6.45) is 5.88. The SMILES string of the molecule is CN/C=C\C=C(/C)COc1ccc(C)cc1. The van der Waals surface area contributed by atoms with Crippen molar-refractivity contribution < 1.29 is 4.74 Å². The van der Waals surface area contributed by atoms with Crippen molar-refractivity contribution in [2.75, 3.05) is 13.7 Å². The van der Waals surface area contributed by atoms with Crippen LogP contribution in [0.3, 0.4) is 0 Å². The fourth-order valence-corrected chi connectivity index (χ4v) is 1.19. The van der Waals surface area contributed by atoms with E-state index in [4.69, 9.17) is 4.74 Å². The minimum atomic E-state index is 0.622. The van der Waals surface area contributed by atoms with Crippen LogP contribution in [-0.4, -0.2) is 13.7 Å². The van der Waals surface area contributed by atoms with Crippen LogP contribution in [0.5, 0.6) is 5.75 Å². The molecule has 0 heterocycles. The highest BCUT2D eigenvalue weighted by Gasteiger charge is 1.93. The molecule has 16 heavy (non-hydrogen) atoms. The van der Waals surface area contributed by atoms with E-state index in [0.29, 0.717) is 6.61 Å². The fraction of sp³-hybridized carbons (Fsp3) is 0.286. The third-order valence-corrected chi connectivity index (χ3v) is 2.13. The maximum atomic E-state index is 5.63. The first kappa shape index (κ1) is 12.4. The summed E-state index contributed by atoms with van der Waals surface area (Å²) >= 11 is 0. The molecule has 86 valence electrons. The van der Waals surface area contributed by atoms with E-state index >= 15 is 0 Å². The number of benzene rings is 1. The zero-order valence-corrected chi connectivity index (χ0v) is 10.2. The molecule has 0 atom stereocenters. The maximum absolute atomic E-state index is 5.63. The summed E-state index contributed by atoms with van der Waals surface area (Å²) in [6, 6.07) is 8.09. The first-order valence-corrected chi connectivity index (χ1v) is 5.41. The van der Waals surface area contributed by atoms with Gasteiger partial charge >= 0.3 is 0 Å². The maximum Gasteiger partial charge on any atom is 0.119 e. The highest BCUT2D eigenvalue weighted by atomic mass is 16.5. The molecule has 0 aromatic heterocycles. The van der Waals surface area contributed by atoms with Gasteiger partial charge in [-0.05, 0) is 43.8 Å². The molecule has 0 bridgehead atoms. The summed E-state index contributed by atoms with van der Waals surface area (Å²) in [5, 5.41) is 2.94. The van der Waals surface area contributed by atoms with Gasteiger partial charge < -0.3 is 10.1 Å². The molecule has 1 rings (SSSR count). The number of aryl methyl sites for hydroxylation is 1. The molecular formula is C14H19NO. The summed E-state index contributed by atoms with van der Waals surface area (Å²) in [5.74, 6) is 0.913. The van der Waals surface area contributed by atoms with E-state index in [1.165, 1.54) is 11.1 Å². The van der Waals surface area contributed by atoms with Crippen molar-refractivity contribution >= 4 is 0 Å². The summed E-state index contributed by atoms with van der Waals surface area (Å²) in [5.41, 5.74) is 2.43. The van der Waals surface area contributed by atoms with Crippen LogP contribution in [0.25, 0.3) is 0 Å². The van der Waals surface area contributed by atoms with Gasteiger partial charge in [0.2, 0.25) is 0 Å². The second-order valence-corrected chi connectivity index (χ2v) is 3.76. The predicted octanol–water partition coefficient (Wildman–Crippen LogP) is 3.05. The monoisotopic (exact) mass is 217 g/mol. The molecule has 0 aliphatic carbocycles. The van der Waals surface area contributed by atoms with Gasteiger partial charge in [-0.25, -0.2) is 0 Å². The van der Waals surface area contributed by atoms with Gasteiger partial charge in [0, 0.05) is 7.05 Å². The van der Waals surface area contributed by atoms with E-state index < -0.39 is 0 Å². The van der Waals surface area contributed by atoms with E-state index in [1.54, 1.807) is 0 Å². The van der Waals surface area contributed by atoms with E-state index in [2.05, 4.69) is 24.4 Å². The van der Waals surface area contributed by atoms with Crippen LogP contribution in [0.1, 0.15) is 12.5 Å². The molecule has 0 saturated carbocycles. The number of hydrogen-bond donors (Lipinski definition) is 1. The lowest BCUT2D eigenvalue weighted by Crippen LogP contribution is -1.98. The normalized spacial score (nSPS) is 11.8. The Morgan fingerprint density at radius 2 is 2.00 bits per heavy atom. The van der Waals surface area contributed by atoms with Gasteiger partial charge in [0.25, 0.3) is 0 Å². The standard InChI is InChI=1S/C14H19NO/c1-12-6-8-14(9-7-12)16-11-13(2)5-4-10-15-3/h4-10,15H,11H2,1-3H3/b10-4-,13-5+. The molecule has 1 aromatic rings. The Hall–Kier alpha value is -1.70. The Bertz CT molecular complexity index is 363. The second-order valence-electron chi connectivity index (χ2n) is 3.76. The highest BCUT2D eigenvalue weighted by Crippen LogP contribution is 2.12. The van der Waals surface area contributed by atoms with Crippen LogP contribution in [0.4, 0.5) is 0 Å². The average molecular weight is 217 g/mol. The van der Waals surface area contributed by atoms with Crippen molar-refractivity contribution in [2.45, 2.75) is 13.8 Å². The molecule has 2 heteroatoms.